The topological polar surface area (TPSA) is 55.4 Å². The molecule has 2 saturated carbocycles. The smallest absolute Gasteiger partial charge is 0.313 e. The van der Waals surface area contributed by atoms with Gasteiger partial charge in [-0.15, -0.1) is 0 Å². The lowest BCUT2D eigenvalue weighted by Crippen LogP contribution is -2.31. The average molecular weight is 311 g/mol. The van der Waals surface area contributed by atoms with E-state index in [0.29, 0.717) is 31.1 Å². The van der Waals surface area contributed by atoms with E-state index in [0.717, 1.165) is 30.4 Å². The van der Waals surface area contributed by atoms with Gasteiger partial charge in [0.05, 0.1) is 12.0 Å². The molecule has 4 rings (SSSR count). The lowest BCUT2D eigenvalue weighted by molar-refractivity contribution is -0.146. The van der Waals surface area contributed by atoms with Crippen molar-refractivity contribution in [2.75, 3.05) is 6.61 Å². The molecular formula is C19H21NO3. The van der Waals surface area contributed by atoms with Gasteiger partial charge >= 0.3 is 5.97 Å². The van der Waals surface area contributed by atoms with E-state index < -0.39 is 5.41 Å². The number of ether oxygens (including phenoxy) is 1. The number of esters is 1. The number of carbonyl (C=O) groups is 2. The Morgan fingerprint density at radius 3 is 3.00 bits per heavy atom. The second kappa shape index (κ2) is 5.22. The van der Waals surface area contributed by atoms with Crippen LogP contribution in [0, 0.1) is 11.3 Å². The van der Waals surface area contributed by atoms with Gasteiger partial charge in [-0.25, -0.2) is 0 Å². The normalized spacial score (nSPS) is 29.3. The van der Waals surface area contributed by atoms with E-state index in [9.17, 15) is 9.59 Å². The van der Waals surface area contributed by atoms with Crippen molar-refractivity contribution in [1.29, 1.82) is 0 Å². The molecule has 1 aromatic carbocycles. The zero-order valence-corrected chi connectivity index (χ0v) is 13.1. The molecule has 3 aliphatic rings. The molecule has 1 amide bonds. The first kappa shape index (κ1) is 14.5. The molecule has 2 unspecified atom stereocenters. The molecule has 1 aromatic rings. The summed E-state index contributed by atoms with van der Waals surface area (Å²) in [6.07, 6.45) is 4.34. The predicted molar refractivity (Wildman–Crippen MR) is 85.9 cm³/mol. The number of rotatable bonds is 4. The number of hydrogen-bond donors (Lipinski definition) is 1. The second-order valence-electron chi connectivity index (χ2n) is 7.21. The van der Waals surface area contributed by atoms with Gasteiger partial charge in [-0.3, -0.25) is 9.59 Å². The zero-order valence-electron chi connectivity index (χ0n) is 13.1. The summed E-state index contributed by atoms with van der Waals surface area (Å²) in [6, 6.07) is 7.98. The first-order valence-electron chi connectivity index (χ1n) is 8.30. The molecule has 120 valence electrons. The highest BCUT2D eigenvalue weighted by atomic mass is 16.5. The van der Waals surface area contributed by atoms with Crippen LogP contribution in [0.25, 0.3) is 0 Å². The van der Waals surface area contributed by atoms with Crippen molar-refractivity contribution in [3.05, 3.63) is 47.5 Å². The van der Waals surface area contributed by atoms with Gasteiger partial charge in [-0.05, 0) is 49.8 Å². The summed E-state index contributed by atoms with van der Waals surface area (Å²) in [5, 5.41) is 3.01. The maximum absolute atomic E-state index is 12.4. The maximum Gasteiger partial charge on any atom is 0.313 e. The minimum Gasteiger partial charge on any atom is -0.465 e. The lowest BCUT2D eigenvalue weighted by Gasteiger charge is -2.24. The summed E-state index contributed by atoms with van der Waals surface area (Å²) >= 11 is 0. The zero-order chi connectivity index (χ0) is 16.0. The van der Waals surface area contributed by atoms with E-state index in [4.69, 9.17) is 4.74 Å². The highest BCUT2D eigenvalue weighted by molar-refractivity contribution is 5.94. The van der Waals surface area contributed by atoms with Gasteiger partial charge in [0.2, 0.25) is 0 Å². The molecule has 1 N–H and O–H groups in total. The lowest BCUT2D eigenvalue weighted by atomic mass is 9.75. The number of benzene rings is 1. The fourth-order valence-corrected chi connectivity index (χ4v) is 3.95. The summed E-state index contributed by atoms with van der Waals surface area (Å²) in [4.78, 5) is 24.6. The van der Waals surface area contributed by atoms with Gasteiger partial charge < -0.3 is 10.1 Å². The number of allylic oxidation sites excluding steroid dienone is 1. The third-order valence-corrected chi connectivity index (χ3v) is 5.33. The monoisotopic (exact) mass is 311 g/mol. The number of fused-ring (bicyclic) bond motifs is 1. The van der Waals surface area contributed by atoms with Crippen molar-refractivity contribution in [2.24, 2.45) is 11.3 Å². The number of hydrogen-bond acceptors (Lipinski definition) is 3. The fraction of sp³-hybridized carbons (Fsp3) is 0.474. The van der Waals surface area contributed by atoms with E-state index in [1.165, 1.54) is 0 Å². The molecule has 4 heteroatoms. The van der Waals surface area contributed by atoms with Crippen LogP contribution in [-0.2, 0) is 16.0 Å². The minimum atomic E-state index is -0.470. The molecule has 2 atom stereocenters. The molecule has 1 aliphatic heterocycles. The Balaban J connectivity index is 1.57. The number of cyclic esters (lactones) is 1. The fourth-order valence-electron chi connectivity index (χ4n) is 3.95. The van der Waals surface area contributed by atoms with Crippen LogP contribution in [0.5, 0.6) is 0 Å². The second-order valence-corrected chi connectivity index (χ2v) is 7.21. The molecule has 3 fully saturated rings. The summed E-state index contributed by atoms with van der Waals surface area (Å²) in [6.45, 7) is 4.57. The quantitative estimate of drug-likeness (QED) is 0.687. The van der Waals surface area contributed by atoms with Crippen molar-refractivity contribution >= 4 is 11.9 Å². The van der Waals surface area contributed by atoms with Gasteiger partial charge in [-0.1, -0.05) is 24.3 Å². The van der Waals surface area contributed by atoms with E-state index in [2.05, 4.69) is 11.9 Å². The van der Waals surface area contributed by atoms with Gasteiger partial charge in [0.25, 0.3) is 5.91 Å². The van der Waals surface area contributed by atoms with Crippen LogP contribution in [0.4, 0.5) is 0 Å². The number of nitrogens with one attached hydrogen (secondary N) is 1. The molecule has 1 saturated heterocycles. The Bertz CT molecular complexity index is 692. The maximum atomic E-state index is 12.4. The Labute approximate surface area is 135 Å². The molecule has 2 aliphatic carbocycles. The minimum absolute atomic E-state index is 0.0202. The molecule has 0 bridgehead atoms. The predicted octanol–water partition coefficient (Wildman–Crippen LogP) is 2.63. The first-order chi connectivity index (χ1) is 11.1. The van der Waals surface area contributed by atoms with Crippen LogP contribution < -0.4 is 5.32 Å². The van der Waals surface area contributed by atoms with Crippen molar-refractivity contribution in [2.45, 2.75) is 38.1 Å². The summed E-state index contributed by atoms with van der Waals surface area (Å²) < 4.78 is 5.32. The van der Waals surface area contributed by atoms with E-state index >= 15 is 0 Å². The van der Waals surface area contributed by atoms with Crippen LogP contribution in [0.1, 0.15) is 41.6 Å². The van der Waals surface area contributed by atoms with Gasteiger partial charge in [0.1, 0.15) is 0 Å². The van der Waals surface area contributed by atoms with Crippen molar-refractivity contribution < 1.29 is 14.3 Å². The Morgan fingerprint density at radius 1 is 1.39 bits per heavy atom. The number of carbonyl (C=O) groups excluding carboxylic acids is 2. The highest BCUT2D eigenvalue weighted by Gasteiger charge is 2.55. The third-order valence-electron chi connectivity index (χ3n) is 5.33. The van der Waals surface area contributed by atoms with E-state index in [1.54, 1.807) is 0 Å². The van der Waals surface area contributed by atoms with Crippen molar-refractivity contribution in [1.82, 2.24) is 5.32 Å². The molecule has 0 spiro atoms. The van der Waals surface area contributed by atoms with Crippen LogP contribution in [0.15, 0.2) is 36.4 Å². The van der Waals surface area contributed by atoms with E-state index in [-0.39, 0.29) is 17.8 Å². The summed E-state index contributed by atoms with van der Waals surface area (Å²) in [7, 11) is 0. The number of amides is 1. The van der Waals surface area contributed by atoms with Crippen LogP contribution >= 0.6 is 0 Å². The average Bonchev–Trinajstić information content (AvgIpc) is 3.21. The molecule has 4 nitrogen and oxygen atoms in total. The van der Waals surface area contributed by atoms with Crippen molar-refractivity contribution in [3.63, 3.8) is 0 Å². The molecule has 0 radical (unpaired) electrons. The van der Waals surface area contributed by atoms with Crippen LogP contribution in [0.2, 0.25) is 0 Å². The molecular weight excluding hydrogens is 290 g/mol. The van der Waals surface area contributed by atoms with Gasteiger partial charge in [-0.2, -0.15) is 0 Å². The Morgan fingerprint density at radius 2 is 2.22 bits per heavy atom. The summed E-state index contributed by atoms with van der Waals surface area (Å²) in [5.74, 6) is 0.105. The molecule has 0 aromatic heterocycles. The Hall–Kier alpha value is -2.10. The van der Waals surface area contributed by atoms with Gasteiger partial charge in [0, 0.05) is 17.5 Å². The van der Waals surface area contributed by atoms with Crippen LogP contribution in [-0.4, -0.2) is 24.5 Å². The first-order valence-corrected chi connectivity index (χ1v) is 8.30. The third kappa shape index (κ3) is 2.56. The highest BCUT2D eigenvalue weighted by Crippen LogP contribution is 2.52. The van der Waals surface area contributed by atoms with Crippen molar-refractivity contribution in [3.8, 4) is 0 Å². The summed E-state index contributed by atoms with van der Waals surface area (Å²) in [5.41, 5.74) is 2.36. The van der Waals surface area contributed by atoms with E-state index in [1.807, 2.05) is 24.3 Å². The SMILES string of the molecule is C=C1CC2COC(=O)C2(Cc2cccc(C(=O)NC3CC3)c2)C1. The van der Waals surface area contributed by atoms with Gasteiger partial charge in [0.15, 0.2) is 0 Å². The molecule has 23 heavy (non-hydrogen) atoms. The largest absolute Gasteiger partial charge is 0.465 e. The molecule has 1 heterocycles. The Kier molecular flexibility index (Phi) is 3.29. The van der Waals surface area contributed by atoms with Crippen LogP contribution in [0.3, 0.4) is 0 Å². The standard InChI is InChI=1S/C19H21NO3/c1-12-7-15-11-23-18(22)19(15,9-12)10-13-3-2-4-14(8-13)17(21)20-16-5-6-16/h2-4,8,15-16H,1,5-7,9-11H2,(H,20,21).